The number of urea groups is 1. The number of hydrogen-bond donors (Lipinski definition) is 0. The zero-order valence-electron chi connectivity index (χ0n) is 10.1. The van der Waals surface area contributed by atoms with Gasteiger partial charge in [0.05, 0.1) is 6.04 Å². The van der Waals surface area contributed by atoms with Crippen LogP contribution in [0.5, 0.6) is 0 Å². The minimum Gasteiger partial charge on any atom is -0.331 e. The lowest BCUT2D eigenvalue weighted by molar-refractivity contribution is 0.167. The van der Waals surface area contributed by atoms with Gasteiger partial charge in [0, 0.05) is 26.2 Å². The van der Waals surface area contributed by atoms with Gasteiger partial charge in [-0.2, -0.15) is 0 Å². The highest BCUT2D eigenvalue weighted by atomic mass is 35.5. The molecule has 88 valence electrons. The van der Waals surface area contributed by atoms with Gasteiger partial charge in [0.15, 0.2) is 0 Å². The van der Waals surface area contributed by atoms with Crippen molar-refractivity contribution in [3.8, 4) is 0 Å². The summed E-state index contributed by atoms with van der Waals surface area (Å²) in [6, 6.07) is 7.55. The van der Waals surface area contributed by atoms with E-state index in [4.69, 9.17) is 11.6 Å². The van der Waals surface area contributed by atoms with E-state index in [1.807, 2.05) is 31.2 Å². The molecule has 0 saturated carbocycles. The van der Waals surface area contributed by atoms with Crippen LogP contribution in [0.4, 0.5) is 4.79 Å². The van der Waals surface area contributed by atoms with Gasteiger partial charge >= 0.3 is 6.03 Å². The van der Waals surface area contributed by atoms with E-state index < -0.39 is 0 Å². The Kier molecular flexibility index (Phi) is 4.19. The van der Waals surface area contributed by atoms with E-state index in [1.54, 1.807) is 30.9 Å². The van der Waals surface area contributed by atoms with Crippen molar-refractivity contribution in [2.75, 3.05) is 21.1 Å². The summed E-state index contributed by atoms with van der Waals surface area (Å²) in [6.45, 7) is 1.98. The zero-order valence-corrected chi connectivity index (χ0v) is 10.8. The third-order valence-electron chi connectivity index (χ3n) is 2.60. The molecule has 0 aromatic heterocycles. The molecule has 0 bridgehead atoms. The number of rotatable bonds is 2. The molecule has 0 aliphatic carbocycles. The molecular formula is C12H17ClN2O. The fourth-order valence-corrected chi connectivity index (χ4v) is 1.67. The number of carbonyl (C=O) groups is 1. The molecule has 1 rings (SSSR count). The molecule has 0 spiro atoms. The monoisotopic (exact) mass is 240 g/mol. The summed E-state index contributed by atoms with van der Waals surface area (Å²) < 4.78 is 0. The third kappa shape index (κ3) is 2.89. The van der Waals surface area contributed by atoms with Crippen molar-refractivity contribution in [2.24, 2.45) is 0 Å². The number of halogens is 1. The summed E-state index contributed by atoms with van der Waals surface area (Å²) in [4.78, 5) is 15.0. The van der Waals surface area contributed by atoms with Gasteiger partial charge in [-0.3, -0.25) is 0 Å². The van der Waals surface area contributed by atoms with Gasteiger partial charge in [-0.15, -0.1) is 0 Å². The average molecular weight is 241 g/mol. The second-order valence-corrected chi connectivity index (χ2v) is 4.46. The Balaban J connectivity index is 2.85. The Bertz CT molecular complexity index is 379. The number of hydrogen-bond acceptors (Lipinski definition) is 1. The van der Waals surface area contributed by atoms with Crippen LogP contribution < -0.4 is 0 Å². The van der Waals surface area contributed by atoms with E-state index in [2.05, 4.69) is 0 Å². The largest absolute Gasteiger partial charge is 0.331 e. The molecule has 1 aromatic carbocycles. The predicted octanol–water partition coefficient (Wildman–Crippen LogP) is 3.01. The highest BCUT2D eigenvalue weighted by molar-refractivity contribution is 6.30. The molecular weight excluding hydrogens is 224 g/mol. The van der Waals surface area contributed by atoms with E-state index in [9.17, 15) is 4.79 Å². The second-order valence-electron chi connectivity index (χ2n) is 4.02. The molecule has 0 heterocycles. The van der Waals surface area contributed by atoms with Crippen molar-refractivity contribution in [1.82, 2.24) is 9.80 Å². The Morgan fingerprint density at radius 3 is 2.44 bits per heavy atom. The van der Waals surface area contributed by atoms with Crippen LogP contribution in [-0.4, -0.2) is 37.0 Å². The quantitative estimate of drug-likeness (QED) is 0.780. The highest BCUT2D eigenvalue weighted by Gasteiger charge is 2.18. The summed E-state index contributed by atoms with van der Waals surface area (Å²) in [5.41, 5.74) is 1.03. The van der Waals surface area contributed by atoms with Crippen molar-refractivity contribution < 1.29 is 4.79 Å². The normalized spacial score (nSPS) is 12.1. The van der Waals surface area contributed by atoms with E-state index in [-0.39, 0.29) is 12.1 Å². The van der Waals surface area contributed by atoms with Gasteiger partial charge in [0.2, 0.25) is 0 Å². The molecule has 2 amide bonds. The number of nitrogens with zero attached hydrogens (tertiary/aromatic N) is 2. The maximum atomic E-state index is 11.8. The first-order chi connectivity index (χ1) is 7.43. The molecule has 16 heavy (non-hydrogen) atoms. The molecule has 0 N–H and O–H groups in total. The smallest absolute Gasteiger partial charge is 0.319 e. The van der Waals surface area contributed by atoms with Crippen molar-refractivity contribution in [3.05, 3.63) is 34.9 Å². The molecule has 1 atom stereocenters. The van der Waals surface area contributed by atoms with Crippen LogP contribution >= 0.6 is 11.6 Å². The van der Waals surface area contributed by atoms with Gasteiger partial charge in [-0.05, 0) is 24.6 Å². The van der Waals surface area contributed by atoms with Crippen molar-refractivity contribution >= 4 is 17.6 Å². The second kappa shape index (κ2) is 5.21. The standard InChI is InChI=1S/C12H17ClN2O/c1-9(15(4)12(16)14(2)3)10-6-5-7-11(13)8-10/h5-9H,1-4H3. The molecule has 0 fully saturated rings. The lowest BCUT2D eigenvalue weighted by Gasteiger charge is -2.28. The Labute approximate surface area is 102 Å². The van der Waals surface area contributed by atoms with Crippen molar-refractivity contribution in [3.63, 3.8) is 0 Å². The summed E-state index contributed by atoms with van der Waals surface area (Å²) in [5, 5.41) is 0.690. The fraction of sp³-hybridized carbons (Fsp3) is 0.417. The minimum atomic E-state index is -0.0209. The Morgan fingerprint density at radius 2 is 1.94 bits per heavy atom. The lowest BCUT2D eigenvalue weighted by atomic mass is 10.1. The van der Waals surface area contributed by atoms with Crippen LogP contribution in [0, 0.1) is 0 Å². The van der Waals surface area contributed by atoms with Gasteiger partial charge in [0.1, 0.15) is 0 Å². The lowest BCUT2D eigenvalue weighted by Crippen LogP contribution is -2.37. The van der Waals surface area contributed by atoms with Crippen LogP contribution in [0.3, 0.4) is 0 Å². The maximum absolute atomic E-state index is 11.8. The zero-order chi connectivity index (χ0) is 12.3. The number of carbonyl (C=O) groups excluding carboxylic acids is 1. The Morgan fingerprint density at radius 1 is 1.31 bits per heavy atom. The first-order valence-electron chi connectivity index (χ1n) is 5.13. The van der Waals surface area contributed by atoms with Crippen LogP contribution in [0.25, 0.3) is 0 Å². The summed E-state index contributed by atoms with van der Waals surface area (Å²) in [7, 11) is 5.26. The molecule has 0 saturated heterocycles. The third-order valence-corrected chi connectivity index (χ3v) is 2.83. The van der Waals surface area contributed by atoms with Gasteiger partial charge < -0.3 is 9.80 Å². The van der Waals surface area contributed by atoms with E-state index in [0.717, 1.165) is 5.56 Å². The van der Waals surface area contributed by atoms with Gasteiger partial charge in [-0.1, -0.05) is 23.7 Å². The van der Waals surface area contributed by atoms with Gasteiger partial charge in [-0.25, -0.2) is 4.79 Å². The SMILES string of the molecule is CC(c1cccc(Cl)c1)N(C)C(=O)N(C)C. The molecule has 0 aliphatic rings. The van der Waals surface area contributed by atoms with E-state index >= 15 is 0 Å². The molecule has 0 radical (unpaired) electrons. The first kappa shape index (κ1) is 12.8. The van der Waals surface area contributed by atoms with Crippen molar-refractivity contribution in [1.29, 1.82) is 0 Å². The molecule has 1 unspecified atom stereocenters. The average Bonchev–Trinajstić information content (AvgIpc) is 2.26. The van der Waals surface area contributed by atoms with E-state index in [0.29, 0.717) is 5.02 Å². The van der Waals surface area contributed by atoms with Crippen molar-refractivity contribution in [2.45, 2.75) is 13.0 Å². The predicted molar refractivity (Wildman–Crippen MR) is 66.7 cm³/mol. The van der Waals surface area contributed by atoms with Gasteiger partial charge in [0.25, 0.3) is 0 Å². The molecule has 3 nitrogen and oxygen atoms in total. The van der Waals surface area contributed by atoms with Crippen LogP contribution in [0.15, 0.2) is 24.3 Å². The topological polar surface area (TPSA) is 23.6 Å². The Hall–Kier alpha value is -1.22. The summed E-state index contributed by atoms with van der Waals surface area (Å²) >= 11 is 5.92. The van der Waals surface area contributed by atoms with Crippen LogP contribution in [0.1, 0.15) is 18.5 Å². The maximum Gasteiger partial charge on any atom is 0.319 e. The van der Waals surface area contributed by atoms with Crippen LogP contribution in [-0.2, 0) is 0 Å². The summed E-state index contributed by atoms with van der Waals surface area (Å²) in [6.07, 6.45) is 0. The first-order valence-corrected chi connectivity index (χ1v) is 5.51. The minimum absolute atomic E-state index is 0.00796. The summed E-state index contributed by atoms with van der Waals surface area (Å²) in [5.74, 6) is 0. The molecule has 0 aliphatic heterocycles. The molecule has 4 heteroatoms. The van der Waals surface area contributed by atoms with E-state index in [1.165, 1.54) is 0 Å². The highest BCUT2D eigenvalue weighted by Crippen LogP contribution is 2.22. The fourth-order valence-electron chi connectivity index (χ4n) is 1.47. The number of benzene rings is 1. The van der Waals surface area contributed by atoms with Crippen LogP contribution in [0.2, 0.25) is 5.02 Å². The molecule has 1 aromatic rings. The number of amides is 2.